The molecule has 1 N–H and O–H groups in total. The van der Waals surface area contributed by atoms with Crippen molar-refractivity contribution in [1.29, 1.82) is 0 Å². The van der Waals surface area contributed by atoms with Crippen molar-refractivity contribution in [1.82, 2.24) is 0 Å². The van der Waals surface area contributed by atoms with Gasteiger partial charge in [-0.05, 0) is 18.2 Å². The van der Waals surface area contributed by atoms with E-state index in [1.807, 2.05) is 0 Å². The molecule has 2 aromatic carbocycles. The first-order chi connectivity index (χ1) is 7.19. The molecule has 0 radical (unpaired) electrons. The van der Waals surface area contributed by atoms with Crippen molar-refractivity contribution in [2.45, 2.75) is 0 Å². The number of ether oxygens (including phenoxy) is 1. The fourth-order valence-corrected chi connectivity index (χ4v) is 1.49. The molecule has 0 aromatic heterocycles. The van der Waals surface area contributed by atoms with Gasteiger partial charge in [0.1, 0.15) is 5.75 Å². The van der Waals surface area contributed by atoms with Gasteiger partial charge >= 0.3 is 0 Å². The molecular weight excluding hydrogens is 198 g/mol. The molecule has 15 heavy (non-hydrogen) atoms. The van der Waals surface area contributed by atoms with Crippen molar-refractivity contribution < 1.29 is 9.94 Å². The van der Waals surface area contributed by atoms with Gasteiger partial charge in [-0.3, -0.25) is 9.59 Å². The van der Waals surface area contributed by atoms with E-state index < -0.39 is 16.2 Å². The molecule has 0 atom stereocenters. The second kappa shape index (κ2) is 3.20. The number of fused-ring (bicyclic) bond motifs is 1. The third kappa shape index (κ3) is 1.20. The predicted molar refractivity (Wildman–Crippen MR) is 52.8 cm³/mol. The Morgan fingerprint density at radius 2 is 1.87 bits per heavy atom. The highest BCUT2D eigenvalue weighted by Gasteiger charge is 2.11. The van der Waals surface area contributed by atoms with Gasteiger partial charge in [-0.15, -0.1) is 0 Å². The van der Waals surface area contributed by atoms with Crippen LogP contribution in [0, 0.1) is 0 Å². The summed E-state index contributed by atoms with van der Waals surface area (Å²) in [7, 11) is 1.46. The van der Waals surface area contributed by atoms with Crippen LogP contribution in [-0.2, 0) is 0 Å². The lowest BCUT2D eigenvalue weighted by molar-refractivity contribution is 0.301. The van der Waals surface area contributed by atoms with Gasteiger partial charge in [0.2, 0.25) is 10.9 Å². The monoisotopic (exact) mass is 205 g/mol. The Labute approximate surface area is 83.5 Å². The highest BCUT2D eigenvalue weighted by atomic mass is 16.5. The molecule has 2 rings (SSSR count). The molecule has 0 heterocycles. The van der Waals surface area contributed by atoms with Crippen LogP contribution in [0.15, 0.2) is 32.9 Å². The maximum absolute atomic E-state index is 11.5. The van der Waals surface area contributed by atoms with E-state index in [1.54, 1.807) is 6.07 Å². The van der Waals surface area contributed by atoms with Crippen LogP contribution >= 0.6 is 0 Å². The van der Waals surface area contributed by atoms with Gasteiger partial charge in [0, 0.05) is 10.8 Å². The summed E-state index contributed by atoms with van der Waals surface area (Å²) in [6.07, 6.45) is 0. The lowest BCUT2D eigenvalue weighted by atomic mass is 10.2. The van der Waals surface area contributed by atoms with Gasteiger partial charge in [0.15, 0.2) is 5.36 Å². The Hall–Kier alpha value is -2.17. The van der Waals surface area contributed by atoms with Gasteiger partial charge in [-0.25, -0.2) is 0 Å². The SMILES string of the molecule is COc1ccc2c(=O)c(=NO)c(=O)c2c1. The van der Waals surface area contributed by atoms with E-state index in [-0.39, 0.29) is 10.8 Å². The standard InChI is InChI=1S/C10H7NO4/c1-15-5-2-3-6-7(4-5)10(13)8(11-14)9(6)12/h2-4,14H,1H3. The summed E-state index contributed by atoms with van der Waals surface area (Å²) in [5, 5.41) is 11.2. The molecule has 0 aliphatic heterocycles. The average Bonchev–Trinajstić information content (AvgIpc) is 2.51. The summed E-state index contributed by atoms with van der Waals surface area (Å²) >= 11 is 0. The number of hydrogen-bond acceptors (Lipinski definition) is 5. The lowest BCUT2D eigenvalue weighted by Gasteiger charge is -1.96. The smallest absolute Gasteiger partial charge is 0.219 e. The molecule has 2 aromatic rings. The van der Waals surface area contributed by atoms with Crippen LogP contribution in [0.1, 0.15) is 0 Å². The first-order valence-corrected chi connectivity index (χ1v) is 4.18. The van der Waals surface area contributed by atoms with E-state index in [1.165, 1.54) is 19.2 Å². The average molecular weight is 205 g/mol. The largest absolute Gasteiger partial charge is 0.497 e. The van der Waals surface area contributed by atoms with Crippen LogP contribution in [0.5, 0.6) is 5.75 Å². The van der Waals surface area contributed by atoms with Crippen molar-refractivity contribution in [3.8, 4) is 5.75 Å². The van der Waals surface area contributed by atoms with Crippen LogP contribution in [0.25, 0.3) is 10.8 Å². The quantitative estimate of drug-likeness (QED) is 0.513. The Kier molecular flexibility index (Phi) is 2.00. The van der Waals surface area contributed by atoms with E-state index in [0.29, 0.717) is 5.75 Å². The third-order valence-electron chi connectivity index (χ3n) is 2.25. The Morgan fingerprint density at radius 3 is 2.47 bits per heavy atom. The molecule has 0 aliphatic rings. The van der Waals surface area contributed by atoms with Crippen molar-refractivity contribution in [2.75, 3.05) is 7.11 Å². The summed E-state index contributed by atoms with van der Waals surface area (Å²) in [5.74, 6) is 0.481. The number of benzene rings is 1. The minimum atomic E-state index is -0.573. The Bertz CT molecular complexity index is 665. The molecule has 76 valence electrons. The van der Waals surface area contributed by atoms with E-state index in [4.69, 9.17) is 9.94 Å². The molecular formula is C10H7NO4. The normalized spacial score (nSPS) is 12.2. The van der Waals surface area contributed by atoms with Crippen LogP contribution in [0.3, 0.4) is 0 Å². The summed E-state index contributed by atoms with van der Waals surface area (Å²) in [6, 6.07) is 4.50. The van der Waals surface area contributed by atoms with E-state index in [9.17, 15) is 9.59 Å². The van der Waals surface area contributed by atoms with Crippen LogP contribution < -0.4 is 21.0 Å². The van der Waals surface area contributed by atoms with Gasteiger partial charge in [0.05, 0.1) is 7.11 Å². The van der Waals surface area contributed by atoms with Gasteiger partial charge in [-0.2, -0.15) is 0 Å². The predicted octanol–water partition coefficient (Wildman–Crippen LogP) is -0.266. The van der Waals surface area contributed by atoms with Crippen molar-refractivity contribution in [3.63, 3.8) is 0 Å². The van der Waals surface area contributed by atoms with Crippen molar-refractivity contribution in [2.24, 2.45) is 5.16 Å². The van der Waals surface area contributed by atoms with Gasteiger partial charge < -0.3 is 9.94 Å². The highest BCUT2D eigenvalue weighted by molar-refractivity contribution is 5.84. The number of methoxy groups -OCH3 is 1. The molecule has 0 aliphatic carbocycles. The minimum absolute atomic E-state index is 0.215. The maximum atomic E-state index is 11.5. The van der Waals surface area contributed by atoms with Gasteiger partial charge in [0.25, 0.3) is 0 Å². The molecule has 0 amide bonds. The summed E-state index contributed by atoms with van der Waals surface area (Å²) < 4.78 is 4.93. The number of hydrogen-bond donors (Lipinski definition) is 1. The second-order valence-corrected chi connectivity index (χ2v) is 3.02. The zero-order valence-electron chi connectivity index (χ0n) is 7.85. The molecule has 0 saturated heterocycles. The molecule has 5 heteroatoms. The fourth-order valence-electron chi connectivity index (χ4n) is 1.49. The second-order valence-electron chi connectivity index (χ2n) is 3.02. The first-order valence-electron chi connectivity index (χ1n) is 4.18. The van der Waals surface area contributed by atoms with Crippen molar-refractivity contribution >= 4 is 10.8 Å². The third-order valence-corrected chi connectivity index (χ3v) is 2.25. The zero-order chi connectivity index (χ0) is 11.0. The molecule has 0 spiro atoms. The fraction of sp³-hybridized carbons (Fsp3) is 0.100. The highest BCUT2D eigenvalue weighted by Crippen LogP contribution is 2.14. The van der Waals surface area contributed by atoms with E-state index in [0.717, 1.165) is 0 Å². The summed E-state index contributed by atoms with van der Waals surface area (Å²) in [6.45, 7) is 0. The lowest BCUT2D eigenvalue weighted by Crippen LogP contribution is -2.31. The number of nitrogens with zero attached hydrogens (tertiary/aromatic N) is 1. The first kappa shape index (κ1) is 9.39. The van der Waals surface area contributed by atoms with Crippen LogP contribution in [0.4, 0.5) is 0 Å². The molecule has 0 bridgehead atoms. The maximum Gasteiger partial charge on any atom is 0.219 e. The van der Waals surface area contributed by atoms with Gasteiger partial charge in [-0.1, -0.05) is 5.16 Å². The molecule has 0 unspecified atom stereocenters. The molecule has 0 saturated carbocycles. The summed E-state index contributed by atoms with van der Waals surface area (Å²) in [4.78, 5) is 23.0. The zero-order valence-corrected chi connectivity index (χ0v) is 7.85. The van der Waals surface area contributed by atoms with E-state index in [2.05, 4.69) is 5.16 Å². The minimum Gasteiger partial charge on any atom is -0.497 e. The van der Waals surface area contributed by atoms with E-state index >= 15 is 0 Å². The Morgan fingerprint density at radius 1 is 1.20 bits per heavy atom. The topological polar surface area (TPSA) is 76.0 Å². The van der Waals surface area contributed by atoms with Crippen LogP contribution in [0.2, 0.25) is 0 Å². The Balaban J connectivity index is 3.04. The molecule has 0 fully saturated rings. The van der Waals surface area contributed by atoms with Crippen molar-refractivity contribution in [3.05, 3.63) is 44.0 Å². The number of rotatable bonds is 1. The molecule has 5 nitrogen and oxygen atoms in total. The summed E-state index contributed by atoms with van der Waals surface area (Å²) in [5.41, 5.74) is -1.13. The van der Waals surface area contributed by atoms with Crippen LogP contribution in [-0.4, -0.2) is 12.3 Å².